The van der Waals surface area contributed by atoms with Crippen LogP contribution in [-0.4, -0.2) is 58.0 Å². The van der Waals surface area contributed by atoms with Crippen LogP contribution in [0.25, 0.3) is 16.9 Å². The minimum Gasteiger partial charge on any atom is -0.474 e. The number of para-hydroxylation sites is 1. The minimum absolute atomic E-state index is 0.0126. The number of alkyl halides is 2. The molecule has 2 aromatic heterocycles. The molecule has 10 heteroatoms. The summed E-state index contributed by atoms with van der Waals surface area (Å²) in [7, 11) is 0. The highest BCUT2D eigenvalue weighted by atomic mass is 19.3. The molecule has 1 aliphatic heterocycles. The average molecular weight is 459 g/mol. The van der Waals surface area contributed by atoms with Crippen molar-refractivity contribution >= 4 is 17.0 Å². The zero-order chi connectivity index (χ0) is 22.9. The Kier molecular flexibility index (Phi) is 6.11. The van der Waals surface area contributed by atoms with Gasteiger partial charge in [0.05, 0.1) is 24.2 Å². The van der Waals surface area contributed by atoms with Crippen molar-refractivity contribution in [1.82, 2.24) is 19.5 Å². The maximum atomic E-state index is 14.1. The molecule has 176 valence electrons. The van der Waals surface area contributed by atoms with Crippen LogP contribution in [-0.2, 0) is 4.74 Å². The number of rotatable bonds is 5. The summed E-state index contributed by atoms with van der Waals surface area (Å²) in [6.07, 6.45) is 0.676. The van der Waals surface area contributed by atoms with Crippen molar-refractivity contribution < 1.29 is 18.3 Å². The molecule has 33 heavy (non-hydrogen) atoms. The predicted molar refractivity (Wildman–Crippen MR) is 120 cm³/mol. The van der Waals surface area contributed by atoms with Gasteiger partial charge in [-0.3, -0.25) is 4.57 Å². The highest BCUT2D eigenvalue weighted by Crippen LogP contribution is 2.31. The summed E-state index contributed by atoms with van der Waals surface area (Å²) in [6, 6.07) is 7.30. The lowest BCUT2D eigenvalue weighted by molar-refractivity contribution is 0.121. The van der Waals surface area contributed by atoms with E-state index in [0.717, 1.165) is 31.2 Å². The third kappa shape index (κ3) is 4.49. The Hall–Kier alpha value is -2.85. The van der Waals surface area contributed by atoms with Gasteiger partial charge in [-0.05, 0) is 44.2 Å². The van der Waals surface area contributed by atoms with Crippen molar-refractivity contribution in [3.63, 3.8) is 0 Å². The molecule has 0 spiro atoms. The third-order valence-electron chi connectivity index (χ3n) is 6.31. The number of imidazole rings is 1. The Morgan fingerprint density at radius 3 is 2.58 bits per heavy atom. The van der Waals surface area contributed by atoms with Crippen molar-refractivity contribution in [2.75, 3.05) is 31.2 Å². The quantitative estimate of drug-likeness (QED) is 0.625. The first-order valence-corrected chi connectivity index (χ1v) is 11.4. The van der Waals surface area contributed by atoms with Gasteiger partial charge in [0.1, 0.15) is 11.9 Å². The molecule has 1 saturated carbocycles. The molecule has 0 radical (unpaired) electrons. The third-order valence-corrected chi connectivity index (χ3v) is 6.31. The second-order valence-corrected chi connectivity index (χ2v) is 8.67. The molecule has 3 heterocycles. The number of aromatic nitrogens is 4. The van der Waals surface area contributed by atoms with Crippen LogP contribution in [0.15, 0.2) is 24.3 Å². The second-order valence-electron chi connectivity index (χ2n) is 8.67. The monoisotopic (exact) mass is 458 g/mol. The molecule has 0 unspecified atom stereocenters. The summed E-state index contributed by atoms with van der Waals surface area (Å²) in [5.74, 6) is 0.780. The first kappa shape index (κ1) is 22.0. The van der Waals surface area contributed by atoms with E-state index in [2.05, 4.69) is 15.0 Å². The lowest BCUT2D eigenvalue weighted by Gasteiger charge is -2.29. The van der Waals surface area contributed by atoms with Crippen LogP contribution in [0.5, 0.6) is 5.88 Å². The Labute approximate surface area is 190 Å². The van der Waals surface area contributed by atoms with Gasteiger partial charge in [-0.1, -0.05) is 12.1 Å². The molecular weight excluding hydrogens is 430 g/mol. The number of nitrogens with zero attached hydrogens (tertiary/aromatic N) is 5. The number of aryl methyl sites for hydroxylation is 1. The van der Waals surface area contributed by atoms with Crippen LogP contribution in [0.4, 0.5) is 14.7 Å². The zero-order valence-electron chi connectivity index (χ0n) is 18.6. The lowest BCUT2D eigenvalue weighted by Crippen LogP contribution is -2.37. The smallest absolute Gasteiger partial charge is 0.296 e. The van der Waals surface area contributed by atoms with Gasteiger partial charge in [0.15, 0.2) is 5.82 Å². The fourth-order valence-corrected chi connectivity index (χ4v) is 4.50. The number of halogens is 2. The van der Waals surface area contributed by atoms with E-state index in [0.29, 0.717) is 55.0 Å². The van der Waals surface area contributed by atoms with Crippen molar-refractivity contribution in [3.05, 3.63) is 35.7 Å². The fourth-order valence-electron chi connectivity index (χ4n) is 4.50. The topological polar surface area (TPSA) is 91.3 Å². The molecule has 8 nitrogen and oxygen atoms in total. The van der Waals surface area contributed by atoms with Crippen LogP contribution in [0.2, 0.25) is 0 Å². The van der Waals surface area contributed by atoms with E-state index in [1.54, 1.807) is 12.1 Å². The first-order valence-electron chi connectivity index (χ1n) is 11.4. The standard InChI is InChI=1S/C23H28F2N6O2/c1-14-3-2-4-17-20(14)29-22(21(24)25)31(17)18-13-19(33-16-7-5-15(26)6-8-16)28-23(27-18)30-9-11-32-12-10-30/h2-4,13,15-16,21H,5-12,26H2,1H3/t15-,16-. The summed E-state index contributed by atoms with van der Waals surface area (Å²) in [5.41, 5.74) is 7.96. The maximum Gasteiger partial charge on any atom is 0.296 e. The Bertz CT molecular complexity index is 1120. The maximum absolute atomic E-state index is 14.1. The summed E-state index contributed by atoms with van der Waals surface area (Å²) < 4.78 is 41.2. The molecule has 2 N–H and O–H groups in total. The summed E-state index contributed by atoms with van der Waals surface area (Å²) >= 11 is 0. The van der Waals surface area contributed by atoms with Crippen molar-refractivity contribution in [2.24, 2.45) is 5.73 Å². The zero-order valence-corrected chi connectivity index (χ0v) is 18.6. The highest BCUT2D eigenvalue weighted by Gasteiger charge is 2.26. The SMILES string of the molecule is Cc1cccc2c1nc(C(F)F)n2-c1cc(O[C@H]2CC[C@H](N)CC2)nc(N2CCOCC2)n1. The Morgan fingerprint density at radius 1 is 1.09 bits per heavy atom. The molecular formula is C23H28F2N6O2. The van der Waals surface area contributed by atoms with Crippen molar-refractivity contribution in [2.45, 2.75) is 51.2 Å². The lowest BCUT2D eigenvalue weighted by atomic mass is 9.94. The van der Waals surface area contributed by atoms with E-state index < -0.39 is 6.43 Å². The van der Waals surface area contributed by atoms with Crippen LogP contribution >= 0.6 is 0 Å². The normalized spacial score (nSPS) is 21.7. The molecule has 0 bridgehead atoms. The number of hydrogen-bond donors (Lipinski definition) is 1. The van der Waals surface area contributed by atoms with E-state index in [4.69, 9.17) is 15.2 Å². The Morgan fingerprint density at radius 2 is 1.85 bits per heavy atom. The average Bonchev–Trinajstić information content (AvgIpc) is 3.22. The summed E-state index contributed by atoms with van der Waals surface area (Å²) in [5, 5.41) is 0. The van der Waals surface area contributed by atoms with Crippen LogP contribution in [0, 0.1) is 6.92 Å². The van der Waals surface area contributed by atoms with Crippen LogP contribution in [0.1, 0.15) is 43.5 Å². The van der Waals surface area contributed by atoms with E-state index in [1.807, 2.05) is 24.0 Å². The van der Waals surface area contributed by atoms with Gasteiger partial charge in [-0.2, -0.15) is 9.97 Å². The molecule has 0 atom stereocenters. The molecule has 0 amide bonds. The summed E-state index contributed by atoms with van der Waals surface area (Å²) in [6.45, 7) is 4.20. The van der Waals surface area contributed by atoms with Crippen molar-refractivity contribution in [3.8, 4) is 11.7 Å². The van der Waals surface area contributed by atoms with Gasteiger partial charge in [-0.15, -0.1) is 0 Å². The van der Waals surface area contributed by atoms with E-state index in [9.17, 15) is 8.78 Å². The summed E-state index contributed by atoms with van der Waals surface area (Å²) in [4.78, 5) is 15.6. The predicted octanol–water partition coefficient (Wildman–Crippen LogP) is 3.55. The van der Waals surface area contributed by atoms with E-state index >= 15 is 0 Å². The molecule has 1 saturated heterocycles. The number of ether oxygens (including phenoxy) is 2. The number of morpholine rings is 1. The molecule has 3 aromatic rings. The van der Waals surface area contributed by atoms with Gasteiger partial charge >= 0.3 is 0 Å². The van der Waals surface area contributed by atoms with Crippen LogP contribution in [0.3, 0.4) is 0 Å². The van der Waals surface area contributed by atoms with Gasteiger partial charge < -0.3 is 20.1 Å². The molecule has 2 fully saturated rings. The second kappa shape index (κ2) is 9.18. The molecule has 5 rings (SSSR count). The van der Waals surface area contributed by atoms with Gasteiger partial charge in [-0.25, -0.2) is 13.8 Å². The van der Waals surface area contributed by atoms with Crippen LogP contribution < -0.4 is 15.4 Å². The molecule has 2 aliphatic rings. The van der Waals surface area contributed by atoms with Gasteiger partial charge in [0.25, 0.3) is 6.43 Å². The fraction of sp³-hybridized carbons (Fsp3) is 0.522. The number of benzene rings is 1. The number of hydrogen-bond acceptors (Lipinski definition) is 7. The molecule has 1 aromatic carbocycles. The molecule has 1 aliphatic carbocycles. The van der Waals surface area contributed by atoms with E-state index in [1.165, 1.54) is 4.57 Å². The highest BCUT2D eigenvalue weighted by molar-refractivity contribution is 5.81. The first-order chi connectivity index (χ1) is 16.0. The number of fused-ring (bicyclic) bond motifs is 1. The largest absolute Gasteiger partial charge is 0.474 e. The minimum atomic E-state index is -2.76. The van der Waals surface area contributed by atoms with Gasteiger partial charge in [0.2, 0.25) is 11.8 Å². The number of nitrogens with two attached hydrogens (primary N) is 1. The van der Waals surface area contributed by atoms with Gasteiger partial charge in [0, 0.05) is 25.2 Å². The number of anilines is 1. The van der Waals surface area contributed by atoms with E-state index in [-0.39, 0.29) is 18.0 Å². The Balaban J connectivity index is 1.60. The van der Waals surface area contributed by atoms with Crippen molar-refractivity contribution in [1.29, 1.82) is 0 Å².